The van der Waals surface area contributed by atoms with Crippen molar-refractivity contribution in [2.45, 2.75) is 25.5 Å². The summed E-state index contributed by atoms with van der Waals surface area (Å²) in [4.78, 5) is 18.6. The minimum Gasteiger partial charge on any atom is -0.508 e. The van der Waals surface area contributed by atoms with Gasteiger partial charge < -0.3 is 14.7 Å². The fourth-order valence-corrected chi connectivity index (χ4v) is 3.43. The second-order valence-corrected chi connectivity index (χ2v) is 8.58. The summed E-state index contributed by atoms with van der Waals surface area (Å²) in [7, 11) is -3.31. The first-order valence-electron chi connectivity index (χ1n) is 8.95. The van der Waals surface area contributed by atoms with E-state index in [0.29, 0.717) is 42.9 Å². The van der Waals surface area contributed by atoms with Gasteiger partial charge in [-0.15, -0.1) is 0 Å². The third-order valence-electron chi connectivity index (χ3n) is 4.43. The quantitative estimate of drug-likeness (QED) is 0.754. The second kappa shape index (κ2) is 8.57. The zero-order chi connectivity index (χ0) is 20.1. The number of pyridine rings is 1. The lowest BCUT2D eigenvalue weighted by atomic mass is 10.1. The number of hydrogen-bond donors (Lipinski definition) is 2. The highest BCUT2D eigenvalue weighted by molar-refractivity contribution is 7.88. The Morgan fingerprint density at radius 2 is 2.04 bits per heavy atom. The van der Waals surface area contributed by atoms with Crippen LogP contribution < -0.4 is 9.46 Å². The number of nitrogens with zero attached hydrogens (tertiary/aromatic N) is 2. The highest BCUT2D eigenvalue weighted by Crippen LogP contribution is 2.23. The van der Waals surface area contributed by atoms with Gasteiger partial charge in [-0.1, -0.05) is 6.07 Å². The highest BCUT2D eigenvalue weighted by Gasteiger charge is 2.25. The first-order chi connectivity index (χ1) is 13.3. The fraction of sp³-hybridized carbons (Fsp3) is 0.368. The van der Waals surface area contributed by atoms with Gasteiger partial charge in [-0.2, -0.15) is 0 Å². The van der Waals surface area contributed by atoms with Crippen molar-refractivity contribution >= 4 is 15.9 Å². The van der Waals surface area contributed by atoms with Crippen LogP contribution in [-0.4, -0.2) is 54.8 Å². The van der Waals surface area contributed by atoms with Crippen LogP contribution >= 0.6 is 0 Å². The molecular formula is C19H23N3O5S. The van der Waals surface area contributed by atoms with E-state index in [-0.39, 0.29) is 24.3 Å². The third kappa shape index (κ3) is 5.67. The van der Waals surface area contributed by atoms with Crippen LogP contribution in [0.25, 0.3) is 0 Å². The summed E-state index contributed by atoms with van der Waals surface area (Å²) in [6, 6.07) is 9.94. The molecule has 150 valence electrons. The van der Waals surface area contributed by atoms with Crippen LogP contribution in [0.5, 0.6) is 11.5 Å². The predicted octanol–water partition coefficient (Wildman–Crippen LogP) is 1.52. The lowest BCUT2D eigenvalue weighted by molar-refractivity contribution is 0.0590. The molecule has 1 fully saturated rings. The van der Waals surface area contributed by atoms with Gasteiger partial charge in [0.25, 0.3) is 5.91 Å². The van der Waals surface area contributed by atoms with E-state index in [4.69, 9.17) is 4.74 Å². The molecule has 8 nitrogen and oxygen atoms in total. The molecule has 1 aromatic carbocycles. The lowest BCUT2D eigenvalue weighted by Crippen LogP contribution is -2.42. The number of amides is 1. The summed E-state index contributed by atoms with van der Waals surface area (Å²) >= 11 is 0. The van der Waals surface area contributed by atoms with E-state index in [1.807, 2.05) is 0 Å². The van der Waals surface area contributed by atoms with Crippen molar-refractivity contribution in [3.63, 3.8) is 0 Å². The molecule has 1 saturated heterocycles. The number of phenols is 1. The number of benzene rings is 1. The Hall–Kier alpha value is -2.65. The van der Waals surface area contributed by atoms with Crippen molar-refractivity contribution in [1.29, 1.82) is 0 Å². The van der Waals surface area contributed by atoms with Crippen LogP contribution in [0.1, 0.15) is 28.9 Å². The third-order valence-corrected chi connectivity index (χ3v) is 5.10. The van der Waals surface area contributed by atoms with E-state index >= 15 is 0 Å². The number of likely N-dealkylation sites (tertiary alicyclic amines) is 1. The molecule has 1 aliphatic rings. The number of rotatable bonds is 6. The van der Waals surface area contributed by atoms with Gasteiger partial charge in [0.15, 0.2) is 0 Å². The summed E-state index contributed by atoms with van der Waals surface area (Å²) in [6.45, 7) is 1.19. The van der Waals surface area contributed by atoms with Crippen molar-refractivity contribution in [3.8, 4) is 11.5 Å². The van der Waals surface area contributed by atoms with Crippen LogP contribution in [-0.2, 0) is 16.6 Å². The molecule has 0 spiro atoms. The van der Waals surface area contributed by atoms with Gasteiger partial charge >= 0.3 is 0 Å². The van der Waals surface area contributed by atoms with Gasteiger partial charge in [0.2, 0.25) is 10.0 Å². The van der Waals surface area contributed by atoms with Gasteiger partial charge in [0.1, 0.15) is 23.3 Å². The van der Waals surface area contributed by atoms with E-state index in [9.17, 15) is 18.3 Å². The molecule has 28 heavy (non-hydrogen) atoms. The normalized spacial score (nSPS) is 15.4. The van der Waals surface area contributed by atoms with Crippen LogP contribution in [0.4, 0.5) is 0 Å². The molecule has 1 amide bonds. The molecule has 2 N–H and O–H groups in total. The van der Waals surface area contributed by atoms with E-state index < -0.39 is 10.0 Å². The zero-order valence-electron chi connectivity index (χ0n) is 15.5. The maximum atomic E-state index is 12.7. The molecule has 0 bridgehead atoms. The second-order valence-electron chi connectivity index (χ2n) is 6.75. The molecule has 2 heterocycles. The molecule has 1 aromatic heterocycles. The largest absolute Gasteiger partial charge is 0.508 e. The molecule has 0 atom stereocenters. The van der Waals surface area contributed by atoms with E-state index in [2.05, 4.69) is 9.71 Å². The predicted molar refractivity (Wildman–Crippen MR) is 104 cm³/mol. The number of phenolic OH excluding ortho intramolecular Hbond substituents is 1. The van der Waals surface area contributed by atoms with Gasteiger partial charge in [0.05, 0.1) is 6.26 Å². The number of sulfonamides is 1. The summed E-state index contributed by atoms with van der Waals surface area (Å²) in [5.74, 6) is 0.580. The highest BCUT2D eigenvalue weighted by atomic mass is 32.2. The van der Waals surface area contributed by atoms with Crippen molar-refractivity contribution in [2.75, 3.05) is 19.3 Å². The van der Waals surface area contributed by atoms with E-state index in [1.54, 1.807) is 41.3 Å². The molecule has 0 aliphatic carbocycles. The maximum Gasteiger partial charge on any atom is 0.272 e. The topological polar surface area (TPSA) is 109 Å². The Balaban J connectivity index is 1.56. The van der Waals surface area contributed by atoms with Crippen LogP contribution in [0.15, 0.2) is 42.6 Å². The number of ether oxygens (including phenoxy) is 1. The van der Waals surface area contributed by atoms with Crippen LogP contribution in [0.3, 0.4) is 0 Å². The Morgan fingerprint density at radius 3 is 2.71 bits per heavy atom. The number of hydrogen-bond acceptors (Lipinski definition) is 6. The van der Waals surface area contributed by atoms with Crippen molar-refractivity contribution in [3.05, 3.63) is 53.9 Å². The van der Waals surface area contributed by atoms with Gasteiger partial charge in [-0.3, -0.25) is 9.78 Å². The molecule has 0 saturated carbocycles. The number of carbonyl (C=O) groups excluding carboxylic acids is 1. The van der Waals surface area contributed by atoms with Gasteiger partial charge in [-0.25, -0.2) is 13.1 Å². The van der Waals surface area contributed by atoms with E-state index in [0.717, 1.165) is 6.26 Å². The number of aromatic hydroxyl groups is 1. The first kappa shape index (κ1) is 20.1. The number of nitrogens with one attached hydrogen (secondary N) is 1. The average Bonchev–Trinajstić information content (AvgIpc) is 2.66. The molecule has 9 heteroatoms. The molecule has 3 rings (SSSR count). The minimum absolute atomic E-state index is 0.0240. The Bertz CT molecular complexity index is 940. The molecule has 0 unspecified atom stereocenters. The average molecular weight is 405 g/mol. The standard InChI is InChI=1S/C19H23N3O5S/c1-28(25,26)21-13-14-5-8-20-18(11-14)19(24)22-9-6-16(7-10-22)27-17-4-2-3-15(23)12-17/h2-5,8,11-12,16,21,23H,6-7,9-10,13H2,1H3. The summed E-state index contributed by atoms with van der Waals surface area (Å²) in [6.07, 6.45) is 3.92. The number of carbonyl (C=O) groups is 1. The lowest BCUT2D eigenvalue weighted by Gasteiger charge is -2.32. The van der Waals surface area contributed by atoms with Crippen molar-refractivity contribution in [2.24, 2.45) is 0 Å². The SMILES string of the molecule is CS(=O)(=O)NCc1ccnc(C(=O)N2CCC(Oc3cccc(O)c3)CC2)c1. The van der Waals surface area contributed by atoms with Crippen molar-refractivity contribution in [1.82, 2.24) is 14.6 Å². The Labute approximate surface area is 164 Å². The molecular weight excluding hydrogens is 382 g/mol. The van der Waals surface area contributed by atoms with Crippen LogP contribution in [0, 0.1) is 0 Å². The minimum atomic E-state index is -3.31. The summed E-state index contributed by atoms with van der Waals surface area (Å²) in [5.41, 5.74) is 0.964. The maximum absolute atomic E-state index is 12.7. The molecule has 2 aromatic rings. The monoisotopic (exact) mass is 405 g/mol. The van der Waals surface area contributed by atoms with Crippen LogP contribution in [0.2, 0.25) is 0 Å². The molecule has 1 aliphatic heterocycles. The summed E-state index contributed by atoms with van der Waals surface area (Å²) < 4.78 is 30.7. The van der Waals surface area contributed by atoms with Crippen molar-refractivity contribution < 1.29 is 23.1 Å². The Kier molecular flexibility index (Phi) is 6.15. The fourth-order valence-electron chi connectivity index (χ4n) is 3.00. The van der Waals surface area contributed by atoms with Gasteiger partial charge in [0, 0.05) is 44.7 Å². The summed E-state index contributed by atoms with van der Waals surface area (Å²) in [5, 5.41) is 9.51. The van der Waals surface area contributed by atoms with Gasteiger partial charge in [-0.05, 0) is 29.8 Å². The number of aromatic nitrogens is 1. The van der Waals surface area contributed by atoms with E-state index in [1.165, 1.54) is 6.20 Å². The number of piperidine rings is 1. The zero-order valence-corrected chi connectivity index (χ0v) is 16.4. The first-order valence-corrected chi connectivity index (χ1v) is 10.8. The molecule has 0 radical (unpaired) electrons. The smallest absolute Gasteiger partial charge is 0.272 e. The Morgan fingerprint density at radius 1 is 1.29 bits per heavy atom.